The van der Waals surface area contributed by atoms with Crippen molar-refractivity contribution in [1.29, 1.82) is 0 Å². The second-order valence-corrected chi connectivity index (χ2v) is 9.54. The number of nitrogens with zero attached hydrogens (tertiary/aromatic N) is 3. The van der Waals surface area contributed by atoms with Gasteiger partial charge in [-0.05, 0) is 47.6 Å². The van der Waals surface area contributed by atoms with Gasteiger partial charge >= 0.3 is 0 Å². The Balaban J connectivity index is 1.75. The molecule has 1 aliphatic heterocycles. The third-order valence-electron chi connectivity index (χ3n) is 4.87. The van der Waals surface area contributed by atoms with E-state index in [9.17, 15) is 18.0 Å². The maximum absolute atomic E-state index is 13.1. The van der Waals surface area contributed by atoms with Crippen molar-refractivity contribution in [1.82, 2.24) is 19.9 Å². The summed E-state index contributed by atoms with van der Waals surface area (Å²) in [5.41, 5.74) is 6.32. The van der Waals surface area contributed by atoms with Crippen molar-refractivity contribution in [2.75, 3.05) is 13.1 Å². The van der Waals surface area contributed by atoms with Gasteiger partial charge < -0.3 is 11.1 Å². The molecule has 10 nitrogen and oxygen atoms in total. The van der Waals surface area contributed by atoms with Crippen molar-refractivity contribution < 1.29 is 22.6 Å². The van der Waals surface area contributed by atoms with E-state index in [2.05, 4.69) is 20.3 Å². The normalized spacial score (nSPS) is 20.0. The van der Waals surface area contributed by atoms with Crippen molar-refractivity contribution in [3.05, 3.63) is 18.2 Å². The van der Waals surface area contributed by atoms with E-state index >= 15 is 0 Å². The maximum atomic E-state index is 13.1. The smallest absolute Gasteiger partial charge is 0.245 e. The summed E-state index contributed by atoms with van der Waals surface area (Å²) in [4.78, 5) is 24.9. The van der Waals surface area contributed by atoms with Gasteiger partial charge in [0.1, 0.15) is 10.4 Å². The molecule has 158 valence electrons. The molecule has 11 heteroatoms. The molecule has 0 saturated carbocycles. The molecule has 2 atom stereocenters. The van der Waals surface area contributed by atoms with Gasteiger partial charge in [-0.2, -0.15) is 4.31 Å². The van der Waals surface area contributed by atoms with E-state index < -0.39 is 28.0 Å². The van der Waals surface area contributed by atoms with Gasteiger partial charge in [-0.3, -0.25) is 9.59 Å². The largest absolute Gasteiger partial charge is 0.345 e. The molecular formula is C18H25N5O5S. The van der Waals surface area contributed by atoms with Gasteiger partial charge in [0, 0.05) is 6.54 Å². The van der Waals surface area contributed by atoms with Gasteiger partial charge in [-0.25, -0.2) is 13.0 Å². The first-order valence-corrected chi connectivity index (χ1v) is 10.9. The Hall–Kier alpha value is -2.37. The molecule has 1 unspecified atom stereocenters. The lowest BCUT2D eigenvalue weighted by molar-refractivity contribution is -0.128. The van der Waals surface area contributed by atoms with Crippen LogP contribution in [0.5, 0.6) is 0 Å². The lowest BCUT2D eigenvalue weighted by Gasteiger charge is -2.21. The van der Waals surface area contributed by atoms with Gasteiger partial charge in [-0.15, -0.1) is 0 Å². The molecule has 1 aromatic carbocycles. The molecule has 2 heterocycles. The van der Waals surface area contributed by atoms with Crippen molar-refractivity contribution in [2.45, 2.75) is 50.1 Å². The van der Waals surface area contributed by atoms with Crippen LogP contribution in [0, 0.1) is 5.92 Å². The zero-order chi connectivity index (χ0) is 21.2. The summed E-state index contributed by atoms with van der Waals surface area (Å²) in [5.74, 6) is -0.525. The minimum atomic E-state index is -3.99. The average Bonchev–Trinajstić information content (AvgIpc) is 3.06. The molecule has 29 heavy (non-hydrogen) atoms. The fourth-order valence-corrected chi connectivity index (χ4v) is 4.96. The fraction of sp³-hybridized carbons (Fsp3) is 0.556. The van der Waals surface area contributed by atoms with Crippen LogP contribution in [-0.4, -0.2) is 59.9 Å². The van der Waals surface area contributed by atoms with E-state index in [1.165, 1.54) is 12.1 Å². The molecule has 0 radical (unpaired) electrons. The molecule has 3 N–H and O–H groups in total. The number of aromatic nitrogens is 2. The summed E-state index contributed by atoms with van der Waals surface area (Å²) in [6.45, 7) is 3.73. The predicted octanol–water partition coefficient (Wildman–Crippen LogP) is 0.435. The molecule has 1 fully saturated rings. The van der Waals surface area contributed by atoms with Gasteiger partial charge in [0.05, 0.1) is 18.6 Å². The number of amides is 1. The Morgan fingerprint density at radius 3 is 2.86 bits per heavy atom. The number of hydrogen-bond acceptors (Lipinski definition) is 8. The Morgan fingerprint density at radius 2 is 2.14 bits per heavy atom. The standard InChI is InChI=1S/C18H25N5O5S/c1-11(2)9-12(19)18(25)20-13-6-4-8-23(10-15(13)24)29(26,27)16-7-3-5-14-17(16)22-28-21-14/h3,5,7,11-13H,4,6,8-10,19H2,1-2H3,(H,20,25)/t12-,13?/m0/s1. The first-order valence-electron chi connectivity index (χ1n) is 9.50. The van der Waals surface area contributed by atoms with E-state index in [0.717, 1.165) is 4.31 Å². The minimum Gasteiger partial charge on any atom is -0.345 e. The molecule has 0 bridgehead atoms. The van der Waals surface area contributed by atoms with E-state index in [1.54, 1.807) is 6.07 Å². The second-order valence-electron chi connectivity index (χ2n) is 7.63. The number of rotatable bonds is 6. The summed E-state index contributed by atoms with van der Waals surface area (Å²) >= 11 is 0. The minimum absolute atomic E-state index is 0.0644. The molecule has 1 amide bonds. The number of fused-ring (bicyclic) bond motifs is 1. The zero-order valence-corrected chi connectivity index (χ0v) is 17.2. The highest BCUT2D eigenvalue weighted by molar-refractivity contribution is 7.89. The Labute approximate surface area is 168 Å². The fourth-order valence-electron chi connectivity index (χ4n) is 3.38. The number of nitrogens with one attached hydrogen (secondary N) is 1. The average molecular weight is 423 g/mol. The van der Waals surface area contributed by atoms with Crippen molar-refractivity contribution in [3.63, 3.8) is 0 Å². The first kappa shape index (κ1) is 21.3. The molecule has 0 spiro atoms. The molecular weight excluding hydrogens is 398 g/mol. The van der Waals surface area contributed by atoms with Crippen LogP contribution in [0.1, 0.15) is 33.1 Å². The van der Waals surface area contributed by atoms with E-state index in [1.807, 2.05) is 13.8 Å². The number of carbonyl (C=O) groups is 2. The van der Waals surface area contributed by atoms with E-state index in [4.69, 9.17) is 5.73 Å². The SMILES string of the molecule is CC(C)C[C@H](N)C(=O)NC1CCCN(S(=O)(=O)c2cccc3nonc23)CC1=O. The number of ketones is 1. The summed E-state index contributed by atoms with van der Waals surface area (Å²) in [7, 11) is -3.99. The van der Waals surface area contributed by atoms with E-state index in [0.29, 0.717) is 24.8 Å². The molecule has 3 rings (SSSR count). The molecule has 1 saturated heterocycles. The van der Waals surface area contributed by atoms with Crippen LogP contribution in [0.2, 0.25) is 0 Å². The maximum Gasteiger partial charge on any atom is 0.245 e. The Bertz CT molecular complexity index is 1000. The number of hydrogen-bond donors (Lipinski definition) is 2. The first-order chi connectivity index (χ1) is 13.7. The van der Waals surface area contributed by atoms with Crippen LogP contribution in [-0.2, 0) is 19.6 Å². The summed E-state index contributed by atoms with van der Waals surface area (Å²) in [6, 6.07) is 3.07. The summed E-state index contributed by atoms with van der Waals surface area (Å²) in [6.07, 6.45) is 1.27. The lowest BCUT2D eigenvalue weighted by atomic mass is 10.0. The Morgan fingerprint density at radius 1 is 1.38 bits per heavy atom. The van der Waals surface area contributed by atoms with E-state index in [-0.39, 0.29) is 35.2 Å². The van der Waals surface area contributed by atoms with Crippen LogP contribution >= 0.6 is 0 Å². The number of nitrogens with two attached hydrogens (primary N) is 1. The quantitative estimate of drug-likeness (QED) is 0.679. The molecule has 0 aliphatic carbocycles. The van der Waals surface area contributed by atoms with Gasteiger partial charge in [0.15, 0.2) is 11.3 Å². The highest BCUT2D eigenvalue weighted by Gasteiger charge is 2.35. The topological polar surface area (TPSA) is 148 Å². The number of benzene rings is 1. The van der Waals surface area contributed by atoms with Crippen LogP contribution in [0.15, 0.2) is 27.7 Å². The zero-order valence-electron chi connectivity index (χ0n) is 16.4. The summed E-state index contributed by atoms with van der Waals surface area (Å²) in [5, 5.41) is 10.0. The number of Topliss-reactive ketones (excluding diaryl/α,β-unsaturated/α-hetero) is 1. The third kappa shape index (κ3) is 4.62. The summed E-state index contributed by atoms with van der Waals surface area (Å²) < 4.78 is 32.0. The van der Waals surface area contributed by atoms with Crippen molar-refractivity contribution in [2.24, 2.45) is 11.7 Å². The van der Waals surface area contributed by atoms with Gasteiger partial charge in [0.2, 0.25) is 15.9 Å². The molecule has 1 aliphatic rings. The Kier molecular flexibility index (Phi) is 6.30. The van der Waals surface area contributed by atoms with Crippen LogP contribution < -0.4 is 11.1 Å². The van der Waals surface area contributed by atoms with Gasteiger partial charge in [-0.1, -0.05) is 19.9 Å². The number of carbonyl (C=O) groups excluding carboxylic acids is 2. The molecule has 2 aromatic rings. The van der Waals surface area contributed by atoms with Crippen LogP contribution in [0.4, 0.5) is 0 Å². The predicted molar refractivity (Wildman–Crippen MR) is 104 cm³/mol. The van der Waals surface area contributed by atoms with Crippen molar-refractivity contribution in [3.8, 4) is 0 Å². The highest BCUT2D eigenvalue weighted by Crippen LogP contribution is 2.25. The highest BCUT2D eigenvalue weighted by atomic mass is 32.2. The van der Waals surface area contributed by atoms with Crippen molar-refractivity contribution >= 4 is 32.7 Å². The molecule has 1 aromatic heterocycles. The van der Waals surface area contributed by atoms with Crippen LogP contribution in [0.3, 0.4) is 0 Å². The number of sulfonamides is 1. The van der Waals surface area contributed by atoms with Crippen LogP contribution in [0.25, 0.3) is 11.0 Å². The van der Waals surface area contributed by atoms with Gasteiger partial charge in [0.25, 0.3) is 0 Å². The second kappa shape index (κ2) is 8.56. The lowest BCUT2D eigenvalue weighted by Crippen LogP contribution is -2.50. The third-order valence-corrected chi connectivity index (χ3v) is 6.74. The monoisotopic (exact) mass is 423 g/mol.